The quantitative estimate of drug-likeness (QED) is 0.590. The summed E-state index contributed by atoms with van der Waals surface area (Å²) in [5.41, 5.74) is 5.65. The number of benzene rings is 3. The lowest BCUT2D eigenvalue weighted by Gasteiger charge is -2.07. The molecule has 0 bridgehead atoms. The van der Waals surface area contributed by atoms with Crippen LogP contribution < -0.4 is 0 Å². The van der Waals surface area contributed by atoms with Crippen LogP contribution in [-0.2, 0) is 6.61 Å². The SMILES string of the molecule is OCc1c(-c2ccccc2)c(-c2ccccc2)nn1-c1ccccc1. The first kappa shape index (κ1) is 15.4. The van der Waals surface area contributed by atoms with Crippen molar-refractivity contribution in [2.45, 2.75) is 6.61 Å². The standard InChI is InChI=1S/C22H18N2O/c25-16-20-21(17-10-4-1-5-11-17)22(18-12-6-2-7-13-18)23-24(20)19-14-8-3-9-15-19/h1-15,25H,16H2. The van der Waals surface area contributed by atoms with Crippen molar-refractivity contribution in [3.8, 4) is 28.1 Å². The fourth-order valence-electron chi connectivity index (χ4n) is 3.09. The summed E-state index contributed by atoms with van der Waals surface area (Å²) in [7, 11) is 0. The Hall–Kier alpha value is -3.17. The van der Waals surface area contributed by atoms with Gasteiger partial charge in [-0.3, -0.25) is 0 Å². The molecule has 0 radical (unpaired) electrons. The molecule has 0 aliphatic carbocycles. The van der Waals surface area contributed by atoms with E-state index in [1.807, 2.05) is 83.5 Å². The van der Waals surface area contributed by atoms with Crippen LogP contribution in [0.4, 0.5) is 0 Å². The van der Waals surface area contributed by atoms with E-state index in [2.05, 4.69) is 12.1 Å². The molecule has 0 amide bonds. The molecule has 4 aromatic rings. The number of aliphatic hydroxyl groups is 1. The lowest BCUT2D eigenvalue weighted by molar-refractivity contribution is 0.273. The monoisotopic (exact) mass is 326 g/mol. The van der Waals surface area contributed by atoms with Gasteiger partial charge < -0.3 is 5.11 Å². The predicted octanol–water partition coefficient (Wildman–Crippen LogP) is 4.70. The number of rotatable bonds is 4. The van der Waals surface area contributed by atoms with Gasteiger partial charge >= 0.3 is 0 Å². The molecule has 4 rings (SSSR count). The molecule has 0 fully saturated rings. The first-order valence-corrected chi connectivity index (χ1v) is 8.27. The van der Waals surface area contributed by atoms with Crippen LogP contribution in [0.2, 0.25) is 0 Å². The van der Waals surface area contributed by atoms with E-state index in [1.165, 1.54) is 0 Å². The molecule has 0 aliphatic rings. The minimum Gasteiger partial charge on any atom is -0.390 e. The molecule has 0 saturated carbocycles. The van der Waals surface area contributed by atoms with Crippen LogP contribution in [0.15, 0.2) is 91.0 Å². The molecular weight excluding hydrogens is 308 g/mol. The van der Waals surface area contributed by atoms with Gasteiger partial charge in [0.25, 0.3) is 0 Å². The van der Waals surface area contributed by atoms with Gasteiger partial charge in [0.1, 0.15) is 5.69 Å². The summed E-state index contributed by atoms with van der Waals surface area (Å²) in [6, 6.07) is 30.1. The van der Waals surface area contributed by atoms with Gasteiger partial charge in [0.05, 0.1) is 18.0 Å². The van der Waals surface area contributed by atoms with Crippen molar-refractivity contribution < 1.29 is 5.11 Å². The highest BCUT2D eigenvalue weighted by atomic mass is 16.3. The second-order valence-corrected chi connectivity index (χ2v) is 5.81. The number of aliphatic hydroxyl groups excluding tert-OH is 1. The van der Waals surface area contributed by atoms with Crippen molar-refractivity contribution in [2.75, 3.05) is 0 Å². The third-order valence-electron chi connectivity index (χ3n) is 4.24. The maximum Gasteiger partial charge on any atom is 0.101 e. The van der Waals surface area contributed by atoms with Crippen molar-refractivity contribution in [1.29, 1.82) is 0 Å². The largest absolute Gasteiger partial charge is 0.390 e. The Labute approximate surface area is 146 Å². The highest BCUT2D eigenvalue weighted by Crippen LogP contribution is 2.35. The normalized spacial score (nSPS) is 10.8. The van der Waals surface area contributed by atoms with Crippen LogP contribution in [-0.4, -0.2) is 14.9 Å². The Balaban J connectivity index is 2.02. The summed E-state index contributed by atoms with van der Waals surface area (Å²) in [5, 5.41) is 15.0. The molecule has 0 unspecified atom stereocenters. The topological polar surface area (TPSA) is 38.1 Å². The van der Waals surface area contributed by atoms with E-state index in [0.717, 1.165) is 33.8 Å². The number of aromatic nitrogens is 2. The van der Waals surface area contributed by atoms with Gasteiger partial charge in [-0.1, -0.05) is 78.9 Å². The molecule has 0 atom stereocenters. The van der Waals surface area contributed by atoms with Gasteiger partial charge in [0.15, 0.2) is 0 Å². The number of hydrogen-bond donors (Lipinski definition) is 1. The summed E-state index contributed by atoms with van der Waals surface area (Å²) in [5.74, 6) is 0. The molecule has 0 aliphatic heterocycles. The van der Waals surface area contributed by atoms with E-state index in [0.29, 0.717) is 0 Å². The summed E-state index contributed by atoms with van der Waals surface area (Å²) < 4.78 is 1.84. The third kappa shape index (κ3) is 2.86. The van der Waals surface area contributed by atoms with Gasteiger partial charge in [0.2, 0.25) is 0 Å². The summed E-state index contributed by atoms with van der Waals surface area (Å²) in [6.45, 7) is -0.0844. The van der Waals surface area contributed by atoms with Crippen LogP contribution in [0.25, 0.3) is 28.1 Å². The van der Waals surface area contributed by atoms with Gasteiger partial charge in [-0.05, 0) is 17.7 Å². The first-order valence-electron chi connectivity index (χ1n) is 8.27. The molecule has 3 heteroatoms. The highest BCUT2D eigenvalue weighted by molar-refractivity contribution is 5.83. The van der Waals surface area contributed by atoms with Crippen molar-refractivity contribution >= 4 is 0 Å². The zero-order chi connectivity index (χ0) is 17.1. The van der Waals surface area contributed by atoms with E-state index in [9.17, 15) is 5.11 Å². The van der Waals surface area contributed by atoms with E-state index >= 15 is 0 Å². The molecular formula is C22H18N2O. The van der Waals surface area contributed by atoms with Crippen LogP contribution >= 0.6 is 0 Å². The second kappa shape index (κ2) is 6.75. The second-order valence-electron chi connectivity index (χ2n) is 5.81. The van der Waals surface area contributed by atoms with E-state index < -0.39 is 0 Å². The van der Waals surface area contributed by atoms with Gasteiger partial charge in [-0.25, -0.2) is 4.68 Å². The summed E-state index contributed by atoms with van der Waals surface area (Å²) in [4.78, 5) is 0. The Morgan fingerprint density at radius 3 is 1.76 bits per heavy atom. The molecule has 1 heterocycles. The first-order chi connectivity index (χ1) is 12.4. The number of para-hydroxylation sites is 1. The summed E-state index contributed by atoms with van der Waals surface area (Å²) in [6.07, 6.45) is 0. The molecule has 3 nitrogen and oxygen atoms in total. The maximum absolute atomic E-state index is 10.1. The predicted molar refractivity (Wildman–Crippen MR) is 100 cm³/mol. The fourth-order valence-corrected chi connectivity index (χ4v) is 3.09. The number of nitrogens with zero attached hydrogens (tertiary/aromatic N) is 2. The Kier molecular flexibility index (Phi) is 4.15. The maximum atomic E-state index is 10.1. The van der Waals surface area contributed by atoms with Crippen molar-refractivity contribution in [1.82, 2.24) is 9.78 Å². The van der Waals surface area contributed by atoms with E-state index in [4.69, 9.17) is 5.10 Å². The molecule has 3 aromatic carbocycles. The smallest absolute Gasteiger partial charge is 0.101 e. The zero-order valence-electron chi connectivity index (χ0n) is 13.7. The fraction of sp³-hybridized carbons (Fsp3) is 0.0455. The van der Waals surface area contributed by atoms with E-state index in [1.54, 1.807) is 0 Å². The molecule has 0 spiro atoms. The van der Waals surface area contributed by atoms with Gasteiger partial charge in [-0.15, -0.1) is 0 Å². The van der Waals surface area contributed by atoms with Gasteiger partial charge in [-0.2, -0.15) is 5.10 Å². The minimum absolute atomic E-state index is 0.0844. The van der Waals surface area contributed by atoms with Crippen LogP contribution in [0, 0.1) is 0 Å². The van der Waals surface area contributed by atoms with Gasteiger partial charge in [0, 0.05) is 11.1 Å². The molecule has 0 saturated heterocycles. The highest BCUT2D eigenvalue weighted by Gasteiger charge is 2.20. The van der Waals surface area contributed by atoms with Crippen molar-refractivity contribution in [2.24, 2.45) is 0 Å². The van der Waals surface area contributed by atoms with Crippen LogP contribution in [0.1, 0.15) is 5.69 Å². The average molecular weight is 326 g/mol. The number of hydrogen-bond acceptors (Lipinski definition) is 2. The van der Waals surface area contributed by atoms with Crippen molar-refractivity contribution in [3.63, 3.8) is 0 Å². The summed E-state index contributed by atoms with van der Waals surface area (Å²) >= 11 is 0. The van der Waals surface area contributed by atoms with Crippen LogP contribution in [0.3, 0.4) is 0 Å². The Morgan fingerprint density at radius 1 is 0.680 bits per heavy atom. The van der Waals surface area contributed by atoms with E-state index in [-0.39, 0.29) is 6.61 Å². The molecule has 1 N–H and O–H groups in total. The van der Waals surface area contributed by atoms with Crippen molar-refractivity contribution in [3.05, 3.63) is 96.7 Å². The minimum atomic E-state index is -0.0844. The molecule has 1 aromatic heterocycles. The zero-order valence-corrected chi connectivity index (χ0v) is 13.7. The van der Waals surface area contributed by atoms with Crippen LogP contribution in [0.5, 0.6) is 0 Å². The molecule has 122 valence electrons. The Morgan fingerprint density at radius 2 is 1.20 bits per heavy atom. The lowest BCUT2D eigenvalue weighted by atomic mass is 9.99. The third-order valence-corrected chi connectivity index (χ3v) is 4.24. The molecule has 25 heavy (non-hydrogen) atoms. The Bertz CT molecular complexity index is 961. The average Bonchev–Trinajstić information content (AvgIpc) is 3.09. The lowest BCUT2D eigenvalue weighted by Crippen LogP contribution is -2.02.